The van der Waals surface area contributed by atoms with Crippen LogP contribution in [0.1, 0.15) is 103 Å². The molecule has 4 aliphatic heterocycles. The van der Waals surface area contributed by atoms with Gasteiger partial charge in [-0.2, -0.15) is 0 Å². The van der Waals surface area contributed by atoms with Crippen molar-refractivity contribution in [3.05, 3.63) is 23.7 Å². The highest BCUT2D eigenvalue weighted by atomic mass is 16.7. The molecule has 2 N–H and O–H groups in total. The molecular formula is C34H46O10. The van der Waals surface area contributed by atoms with Crippen LogP contribution in [0.2, 0.25) is 0 Å². The predicted octanol–water partition coefficient (Wildman–Crippen LogP) is 3.98. The summed E-state index contributed by atoms with van der Waals surface area (Å²) >= 11 is 0. The Morgan fingerprint density at radius 2 is 1.68 bits per heavy atom. The molecule has 0 bridgehead atoms. The standard InChI is InChI=1S/C34H46O10/c1-30(2)25-24(37)26(38)32(4)21(33(25)18-41-23(36)17-22(33)43-30)12-14-31(3)27(42-29(39)28-34(31,32)44-28)19-13-16-40-20(19)11-9-7-5-6-8-10-15-35/h13,16,21-22,25-28,35,38H,5-12,14-15,17-18H2,1-4H3. The van der Waals surface area contributed by atoms with Crippen LogP contribution in [0.5, 0.6) is 0 Å². The molecule has 0 aromatic carbocycles. The fourth-order valence-corrected chi connectivity index (χ4v) is 11.0. The Balaban J connectivity index is 1.24. The van der Waals surface area contributed by atoms with Gasteiger partial charge in [-0.05, 0) is 51.5 Å². The van der Waals surface area contributed by atoms with Gasteiger partial charge in [0.1, 0.15) is 30.2 Å². The minimum atomic E-state index is -1.40. The maximum absolute atomic E-state index is 14.4. The van der Waals surface area contributed by atoms with Gasteiger partial charge in [0.2, 0.25) is 0 Å². The van der Waals surface area contributed by atoms with Gasteiger partial charge in [0.15, 0.2) is 11.9 Å². The minimum Gasteiger partial charge on any atom is -0.469 e. The second kappa shape index (κ2) is 10.1. The molecule has 10 atom stereocenters. The molecule has 7 rings (SSSR count). The average molecular weight is 615 g/mol. The summed E-state index contributed by atoms with van der Waals surface area (Å²) in [5.41, 5.74) is -3.96. The summed E-state index contributed by atoms with van der Waals surface area (Å²) in [7, 11) is 0. The van der Waals surface area contributed by atoms with Gasteiger partial charge in [0, 0.05) is 34.8 Å². The van der Waals surface area contributed by atoms with Gasteiger partial charge in [0.25, 0.3) is 0 Å². The van der Waals surface area contributed by atoms with Crippen LogP contribution in [0.4, 0.5) is 0 Å². The zero-order chi connectivity index (χ0) is 31.3. The highest BCUT2D eigenvalue weighted by Gasteiger charge is 2.90. The van der Waals surface area contributed by atoms with Gasteiger partial charge in [-0.3, -0.25) is 9.59 Å². The third-order valence-corrected chi connectivity index (χ3v) is 12.7. The van der Waals surface area contributed by atoms with Crippen molar-refractivity contribution in [2.45, 2.75) is 128 Å². The zero-order valence-corrected chi connectivity index (χ0v) is 26.3. The van der Waals surface area contributed by atoms with Crippen LogP contribution in [-0.4, -0.2) is 70.7 Å². The Morgan fingerprint density at radius 3 is 2.43 bits per heavy atom. The lowest BCUT2D eigenvalue weighted by atomic mass is 9.36. The number of cyclic esters (lactones) is 2. The first kappa shape index (κ1) is 30.4. The molecule has 1 aromatic rings. The van der Waals surface area contributed by atoms with E-state index in [9.17, 15) is 19.5 Å². The van der Waals surface area contributed by atoms with E-state index in [1.165, 1.54) is 0 Å². The van der Waals surface area contributed by atoms with E-state index in [4.69, 9.17) is 28.5 Å². The number of carbonyl (C=O) groups excluding carboxylic acids is 3. The number of carbonyl (C=O) groups is 3. The van der Waals surface area contributed by atoms with Crippen molar-refractivity contribution < 1.29 is 48.0 Å². The summed E-state index contributed by atoms with van der Waals surface area (Å²) < 4.78 is 30.8. The second-order valence-corrected chi connectivity index (χ2v) is 15.2. The maximum Gasteiger partial charge on any atom is 0.339 e. The summed E-state index contributed by atoms with van der Waals surface area (Å²) in [5, 5.41) is 21.1. The van der Waals surface area contributed by atoms with Crippen LogP contribution >= 0.6 is 0 Å². The topological polar surface area (TPSA) is 145 Å². The average Bonchev–Trinajstić information content (AvgIpc) is 3.52. The molecule has 6 aliphatic rings. The second-order valence-electron chi connectivity index (χ2n) is 15.2. The van der Waals surface area contributed by atoms with Gasteiger partial charge in [-0.25, -0.2) is 4.79 Å². The predicted molar refractivity (Wildman–Crippen MR) is 154 cm³/mol. The van der Waals surface area contributed by atoms with Crippen molar-refractivity contribution in [2.24, 2.45) is 28.1 Å². The molecule has 242 valence electrons. The van der Waals surface area contributed by atoms with Crippen LogP contribution in [0.15, 0.2) is 16.7 Å². The first-order valence-corrected chi connectivity index (χ1v) is 16.5. The van der Waals surface area contributed by atoms with Crippen LogP contribution in [0.3, 0.4) is 0 Å². The van der Waals surface area contributed by atoms with E-state index >= 15 is 0 Å². The number of aliphatic hydroxyl groups excluding tert-OH is 2. The first-order valence-electron chi connectivity index (χ1n) is 16.5. The molecule has 2 aliphatic carbocycles. The zero-order valence-electron chi connectivity index (χ0n) is 26.3. The number of esters is 2. The van der Waals surface area contributed by atoms with Crippen molar-refractivity contribution in [2.75, 3.05) is 13.2 Å². The van der Waals surface area contributed by atoms with E-state index in [1.54, 1.807) is 6.26 Å². The monoisotopic (exact) mass is 614 g/mol. The Morgan fingerprint density at radius 1 is 0.955 bits per heavy atom. The molecule has 0 radical (unpaired) electrons. The SMILES string of the molecule is CC1(C)OC2CC(=O)OCC23C1C(=O)C(O)C1(C)C3CCC2(C)C(c3ccoc3CCCCCCCCO)OC(=O)C3OC321. The van der Waals surface area contributed by atoms with Crippen molar-refractivity contribution in [3.8, 4) is 0 Å². The molecule has 4 saturated heterocycles. The number of Topliss-reactive ketones (excluding diaryl/α,β-unsaturated/α-hetero) is 1. The Labute approximate surface area is 258 Å². The van der Waals surface area contributed by atoms with Gasteiger partial charge < -0.3 is 33.6 Å². The molecule has 6 fully saturated rings. The Kier molecular flexibility index (Phi) is 6.98. The van der Waals surface area contributed by atoms with E-state index in [0.717, 1.165) is 49.8 Å². The van der Waals surface area contributed by atoms with Crippen molar-refractivity contribution in [1.82, 2.24) is 0 Å². The maximum atomic E-state index is 14.4. The molecular weight excluding hydrogens is 568 g/mol. The van der Waals surface area contributed by atoms with Gasteiger partial charge in [-0.15, -0.1) is 0 Å². The van der Waals surface area contributed by atoms with Crippen molar-refractivity contribution >= 4 is 17.7 Å². The summed E-state index contributed by atoms with van der Waals surface area (Å²) in [5.74, 6) is -1.35. The molecule has 10 heteroatoms. The summed E-state index contributed by atoms with van der Waals surface area (Å²) in [6.45, 7) is 7.97. The Hall–Kier alpha value is -2.27. The lowest BCUT2D eigenvalue weighted by Gasteiger charge is -2.66. The molecule has 10 nitrogen and oxygen atoms in total. The van der Waals surface area contributed by atoms with Gasteiger partial charge in [0.05, 0.1) is 30.3 Å². The van der Waals surface area contributed by atoms with Gasteiger partial charge in [-0.1, -0.05) is 39.5 Å². The van der Waals surface area contributed by atoms with Crippen molar-refractivity contribution in [1.29, 1.82) is 0 Å². The van der Waals surface area contributed by atoms with E-state index in [2.05, 4.69) is 6.92 Å². The first-order chi connectivity index (χ1) is 20.9. The lowest BCUT2D eigenvalue weighted by molar-refractivity contribution is -0.252. The third kappa shape index (κ3) is 3.71. The number of furan rings is 1. The van der Waals surface area contributed by atoms with Gasteiger partial charge >= 0.3 is 11.9 Å². The highest BCUT2D eigenvalue weighted by molar-refractivity contribution is 5.92. The molecule has 5 heterocycles. The number of rotatable bonds is 9. The highest BCUT2D eigenvalue weighted by Crippen LogP contribution is 2.80. The molecule has 2 spiro atoms. The lowest BCUT2D eigenvalue weighted by Crippen LogP contribution is -2.76. The third-order valence-electron chi connectivity index (χ3n) is 12.7. The summed E-state index contributed by atoms with van der Waals surface area (Å²) in [4.78, 5) is 40.5. The number of hydrogen-bond acceptors (Lipinski definition) is 10. The number of aliphatic hydroxyl groups is 2. The fraction of sp³-hybridized carbons (Fsp3) is 0.794. The smallest absolute Gasteiger partial charge is 0.339 e. The largest absolute Gasteiger partial charge is 0.469 e. The van der Waals surface area contributed by atoms with E-state index in [1.807, 2.05) is 26.8 Å². The molecule has 10 unspecified atom stereocenters. The molecule has 0 amide bonds. The number of epoxide rings is 1. The summed E-state index contributed by atoms with van der Waals surface area (Å²) in [6.07, 6.45) is 6.11. The van der Waals surface area contributed by atoms with Crippen molar-refractivity contribution in [3.63, 3.8) is 0 Å². The number of fused-ring (bicyclic) bond motifs is 1. The van der Waals surface area contributed by atoms with Crippen LogP contribution in [-0.2, 0) is 39.8 Å². The van der Waals surface area contributed by atoms with E-state index in [0.29, 0.717) is 19.3 Å². The number of hydrogen-bond donors (Lipinski definition) is 2. The van der Waals surface area contributed by atoms with Crippen LogP contribution in [0.25, 0.3) is 0 Å². The quantitative estimate of drug-likeness (QED) is 0.238. The number of ketones is 1. The normalized spacial score (nSPS) is 44.9. The number of unbranched alkanes of at least 4 members (excludes halogenated alkanes) is 5. The molecule has 1 aromatic heterocycles. The number of aryl methyl sites for hydroxylation is 1. The van der Waals surface area contributed by atoms with E-state index < -0.39 is 63.8 Å². The van der Waals surface area contributed by atoms with Crippen LogP contribution in [0, 0.1) is 28.1 Å². The fourth-order valence-electron chi connectivity index (χ4n) is 11.0. The number of ether oxygens (including phenoxy) is 4. The molecule has 2 saturated carbocycles. The van der Waals surface area contributed by atoms with Crippen LogP contribution < -0.4 is 0 Å². The Bertz CT molecular complexity index is 1350. The van der Waals surface area contributed by atoms with E-state index in [-0.39, 0.29) is 37.3 Å². The summed E-state index contributed by atoms with van der Waals surface area (Å²) in [6, 6.07) is 1.88. The minimum absolute atomic E-state index is 0.0422. The molecule has 44 heavy (non-hydrogen) atoms.